The zero-order chi connectivity index (χ0) is 29.7. The predicted molar refractivity (Wildman–Crippen MR) is 168 cm³/mol. The van der Waals surface area contributed by atoms with Crippen LogP contribution >= 0.6 is 11.6 Å². The standard InChI is InChI=1S/C32H33ClN4O4S/c1-23(24-6-4-3-5-7-24)35-42(39,40)31-22-27(34-32(38)25-8-10-26(33)11-9-25)12-17-30(31)37-20-18-36(19-21-37)28-13-15-29(41-2)16-14-28/h3-17,22-23,35H,18-21H2,1-2H3,(H,34,38). The van der Waals surface area contributed by atoms with E-state index >= 15 is 0 Å². The molecule has 5 rings (SSSR count). The molecule has 1 amide bonds. The molecule has 2 N–H and O–H groups in total. The maximum atomic E-state index is 13.9. The van der Waals surface area contributed by atoms with Crippen LogP contribution in [0.15, 0.2) is 102 Å². The highest BCUT2D eigenvalue weighted by atomic mass is 35.5. The van der Waals surface area contributed by atoms with Gasteiger partial charge in [0.15, 0.2) is 0 Å². The van der Waals surface area contributed by atoms with Gasteiger partial charge in [-0.2, -0.15) is 0 Å². The van der Waals surface area contributed by atoms with E-state index in [-0.39, 0.29) is 10.8 Å². The second kappa shape index (κ2) is 12.9. The third kappa shape index (κ3) is 6.87. The van der Waals surface area contributed by atoms with Crippen molar-refractivity contribution in [1.82, 2.24) is 4.72 Å². The van der Waals surface area contributed by atoms with Crippen molar-refractivity contribution < 1.29 is 17.9 Å². The zero-order valence-corrected chi connectivity index (χ0v) is 25.0. The molecular formula is C32H33ClN4O4S. The number of carbonyl (C=O) groups excluding carboxylic acids is 1. The summed E-state index contributed by atoms with van der Waals surface area (Å²) in [6.07, 6.45) is 0. The monoisotopic (exact) mass is 604 g/mol. The van der Waals surface area contributed by atoms with Crippen LogP contribution in [0.2, 0.25) is 5.02 Å². The number of amides is 1. The third-order valence-electron chi connectivity index (χ3n) is 7.30. The van der Waals surface area contributed by atoms with Gasteiger partial charge in [-0.15, -0.1) is 0 Å². The predicted octanol–water partition coefficient (Wildman–Crippen LogP) is 5.97. The number of piperazine rings is 1. The van der Waals surface area contributed by atoms with Crippen molar-refractivity contribution >= 4 is 44.6 Å². The first-order chi connectivity index (χ1) is 20.2. The number of methoxy groups -OCH3 is 1. The van der Waals surface area contributed by atoms with Crippen LogP contribution < -0.4 is 24.6 Å². The van der Waals surface area contributed by atoms with Crippen LogP contribution in [-0.2, 0) is 10.0 Å². The molecule has 1 aliphatic heterocycles. The lowest BCUT2D eigenvalue weighted by Crippen LogP contribution is -2.47. The minimum Gasteiger partial charge on any atom is -0.497 e. The molecule has 0 aromatic heterocycles. The van der Waals surface area contributed by atoms with E-state index in [1.165, 1.54) is 6.07 Å². The first-order valence-electron chi connectivity index (χ1n) is 13.7. The second-order valence-electron chi connectivity index (χ2n) is 10.1. The van der Waals surface area contributed by atoms with Crippen molar-refractivity contribution in [2.24, 2.45) is 0 Å². The van der Waals surface area contributed by atoms with Gasteiger partial charge in [0.1, 0.15) is 10.6 Å². The summed E-state index contributed by atoms with van der Waals surface area (Å²) in [7, 11) is -2.34. The minimum atomic E-state index is -3.98. The van der Waals surface area contributed by atoms with Gasteiger partial charge in [-0.3, -0.25) is 4.79 Å². The molecule has 4 aromatic rings. The molecule has 42 heavy (non-hydrogen) atoms. The van der Waals surface area contributed by atoms with Crippen LogP contribution in [0.5, 0.6) is 5.75 Å². The number of hydrogen-bond acceptors (Lipinski definition) is 6. The van der Waals surface area contributed by atoms with Gasteiger partial charge >= 0.3 is 0 Å². The summed E-state index contributed by atoms with van der Waals surface area (Å²) in [5, 5.41) is 3.36. The zero-order valence-electron chi connectivity index (χ0n) is 23.5. The first kappa shape index (κ1) is 29.4. The molecule has 218 valence electrons. The van der Waals surface area contributed by atoms with E-state index in [2.05, 4.69) is 19.8 Å². The van der Waals surface area contributed by atoms with Crippen LogP contribution in [0.25, 0.3) is 0 Å². The molecular weight excluding hydrogens is 572 g/mol. The quantitative estimate of drug-likeness (QED) is 0.245. The second-order valence-corrected chi connectivity index (χ2v) is 12.2. The van der Waals surface area contributed by atoms with Gasteiger partial charge in [0.2, 0.25) is 10.0 Å². The number of hydrogen-bond donors (Lipinski definition) is 2. The van der Waals surface area contributed by atoms with E-state index in [0.717, 1.165) is 17.0 Å². The lowest BCUT2D eigenvalue weighted by molar-refractivity contribution is 0.102. The number of ether oxygens (including phenoxy) is 1. The molecule has 4 aromatic carbocycles. The van der Waals surface area contributed by atoms with Crippen molar-refractivity contribution in [1.29, 1.82) is 0 Å². The van der Waals surface area contributed by atoms with E-state index in [1.807, 2.05) is 61.5 Å². The maximum Gasteiger partial charge on any atom is 0.255 e. The molecule has 8 nitrogen and oxygen atoms in total. The van der Waals surface area contributed by atoms with Gasteiger partial charge in [0, 0.05) is 54.2 Å². The minimum absolute atomic E-state index is 0.108. The van der Waals surface area contributed by atoms with Crippen molar-refractivity contribution in [3.8, 4) is 5.75 Å². The Labute approximate surface area is 251 Å². The number of carbonyl (C=O) groups is 1. The summed E-state index contributed by atoms with van der Waals surface area (Å²) in [5.74, 6) is 0.439. The first-order valence-corrected chi connectivity index (χ1v) is 15.5. The Bertz CT molecular complexity index is 1620. The number of rotatable bonds is 9. The van der Waals surface area contributed by atoms with E-state index < -0.39 is 16.1 Å². The van der Waals surface area contributed by atoms with Crippen LogP contribution in [0.1, 0.15) is 28.9 Å². The summed E-state index contributed by atoms with van der Waals surface area (Å²) in [6, 6.07) is 28.4. The normalized spacial score (nSPS) is 14.4. The number of sulfonamides is 1. The summed E-state index contributed by atoms with van der Waals surface area (Å²) >= 11 is 5.96. The maximum absolute atomic E-state index is 13.9. The molecule has 10 heteroatoms. The Morgan fingerprint density at radius 1 is 0.857 bits per heavy atom. The van der Waals surface area contributed by atoms with Crippen molar-refractivity contribution in [2.75, 3.05) is 48.4 Å². The topological polar surface area (TPSA) is 91.0 Å². The van der Waals surface area contributed by atoms with Gasteiger partial charge in [-0.1, -0.05) is 41.9 Å². The Balaban J connectivity index is 1.41. The van der Waals surface area contributed by atoms with E-state index in [9.17, 15) is 13.2 Å². The average molecular weight is 605 g/mol. The third-order valence-corrected chi connectivity index (χ3v) is 9.12. The molecule has 1 saturated heterocycles. The Morgan fingerprint density at radius 3 is 2.14 bits per heavy atom. The number of benzene rings is 4. The summed E-state index contributed by atoms with van der Waals surface area (Å²) in [5.41, 5.74) is 3.31. The van der Waals surface area contributed by atoms with Crippen LogP contribution in [0.4, 0.5) is 17.1 Å². The van der Waals surface area contributed by atoms with Crippen molar-refractivity contribution in [3.05, 3.63) is 113 Å². The lowest BCUT2D eigenvalue weighted by Gasteiger charge is -2.38. The van der Waals surface area contributed by atoms with Gasteiger partial charge in [-0.25, -0.2) is 13.1 Å². The van der Waals surface area contributed by atoms with Gasteiger partial charge in [-0.05, 0) is 79.2 Å². The Kier molecular flexibility index (Phi) is 9.01. The van der Waals surface area contributed by atoms with Gasteiger partial charge in [0.25, 0.3) is 5.91 Å². The molecule has 1 aliphatic rings. The summed E-state index contributed by atoms with van der Waals surface area (Å²) in [4.78, 5) is 17.4. The molecule has 0 spiro atoms. The highest BCUT2D eigenvalue weighted by Crippen LogP contribution is 2.32. The van der Waals surface area contributed by atoms with E-state index in [4.69, 9.17) is 16.3 Å². The number of halogens is 1. The molecule has 0 aliphatic carbocycles. The molecule has 0 saturated carbocycles. The fourth-order valence-corrected chi connectivity index (χ4v) is 6.59. The molecule has 1 atom stereocenters. The van der Waals surface area contributed by atoms with Gasteiger partial charge < -0.3 is 19.9 Å². The molecule has 1 heterocycles. The Morgan fingerprint density at radius 2 is 1.50 bits per heavy atom. The SMILES string of the molecule is COc1ccc(N2CCN(c3ccc(NC(=O)c4ccc(Cl)cc4)cc3S(=O)(=O)NC(C)c3ccccc3)CC2)cc1. The molecule has 1 fully saturated rings. The van der Waals surface area contributed by atoms with Crippen molar-refractivity contribution in [2.45, 2.75) is 17.9 Å². The van der Waals surface area contributed by atoms with Crippen LogP contribution in [0, 0.1) is 0 Å². The summed E-state index contributed by atoms with van der Waals surface area (Å²) in [6.45, 7) is 4.49. The fourth-order valence-electron chi connectivity index (χ4n) is 4.98. The number of nitrogens with one attached hydrogen (secondary N) is 2. The molecule has 1 unspecified atom stereocenters. The number of nitrogens with zero attached hydrogens (tertiary/aromatic N) is 2. The van der Waals surface area contributed by atoms with Crippen LogP contribution in [-0.4, -0.2) is 47.6 Å². The average Bonchev–Trinajstić information content (AvgIpc) is 3.02. The lowest BCUT2D eigenvalue weighted by atomic mass is 10.1. The Hall–Kier alpha value is -4.05. The smallest absolute Gasteiger partial charge is 0.255 e. The molecule has 0 bridgehead atoms. The highest BCUT2D eigenvalue weighted by Gasteiger charge is 2.27. The highest BCUT2D eigenvalue weighted by molar-refractivity contribution is 7.89. The van der Waals surface area contributed by atoms with Gasteiger partial charge in [0.05, 0.1) is 12.8 Å². The van der Waals surface area contributed by atoms with Crippen molar-refractivity contribution in [3.63, 3.8) is 0 Å². The largest absolute Gasteiger partial charge is 0.497 e. The van der Waals surface area contributed by atoms with Crippen LogP contribution in [0.3, 0.4) is 0 Å². The fraction of sp³-hybridized carbons (Fsp3) is 0.219. The van der Waals surface area contributed by atoms with E-state index in [0.29, 0.717) is 48.1 Å². The summed E-state index contributed by atoms with van der Waals surface area (Å²) < 4.78 is 35.9. The number of anilines is 3. The molecule has 0 radical (unpaired) electrons. The van der Waals surface area contributed by atoms with E-state index in [1.54, 1.807) is 43.5 Å².